The van der Waals surface area contributed by atoms with E-state index in [0.717, 1.165) is 32.8 Å². The fraction of sp³-hybridized carbons (Fsp3) is 0.120. The van der Waals surface area contributed by atoms with E-state index in [-0.39, 0.29) is 12.5 Å². The van der Waals surface area contributed by atoms with E-state index in [2.05, 4.69) is 22.9 Å². The largest absolute Gasteiger partial charge is 0.493 e. The lowest BCUT2D eigenvalue weighted by Crippen LogP contribution is -2.20. The van der Waals surface area contributed by atoms with Crippen LogP contribution < -0.4 is 14.8 Å². The first-order valence-electron chi connectivity index (χ1n) is 9.83. The summed E-state index contributed by atoms with van der Waals surface area (Å²) in [6.07, 6.45) is 2.56. The number of ether oxygens (including phenoxy) is 2. The van der Waals surface area contributed by atoms with Gasteiger partial charge in [-0.25, -0.2) is 4.98 Å². The molecule has 1 heterocycles. The van der Waals surface area contributed by atoms with Gasteiger partial charge in [-0.2, -0.15) is 0 Å². The van der Waals surface area contributed by atoms with Gasteiger partial charge in [-0.05, 0) is 60.5 Å². The average molecular weight is 431 g/mol. The molecular formula is C25H22N2O3S. The smallest absolute Gasteiger partial charge is 0.262 e. The first-order chi connectivity index (χ1) is 15.2. The highest BCUT2D eigenvalue weighted by Gasteiger charge is 2.10. The average Bonchev–Trinajstić information content (AvgIpc) is 3.23. The van der Waals surface area contributed by atoms with E-state index in [1.165, 1.54) is 0 Å². The third-order valence-electron chi connectivity index (χ3n) is 4.68. The van der Waals surface area contributed by atoms with Crippen molar-refractivity contribution in [2.45, 2.75) is 6.42 Å². The summed E-state index contributed by atoms with van der Waals surface area (Å²) in [7, 11) is 1.58. The minimum Gasteiger partial charge on any atom is -0.493 e. The maximum Gasteiger partial charge on any atom is 0.262 e. The molecule has 0 unspecified atom stereocenters. The van der Waals surface area contributed by atoms with E-state index >= 15 is 0 Å². The van der Waals surface area contributed by atoms with Crippen LogP contribution in [0.5, 0.6) is 11.5 Å². The van der Waals surface area contributed by atoms with Crippen molar-refractivity contribution in [2.75, 3.05) is 19.0 Å². The third-order valence-corrected chi connectivity index (χ3v) is 5.76. The summed E-state index contributed by atoms with van der Waals surface area (Å²) < 4.78 is 12.2. The summed E-state index contributed by atoms with van der Waals surface area (Å²) >= 11 is 1.65. The predicted octanol–water partition coefficient (Wildman–Crippen LogP) is 5.72. The molecule has 1 aromatic heterocycles. The summed E-state index contributed by atoms with van der Waals surface area (Å²) in [5, 5.41) is 3.80. The second-order valence-corrected chi connectivity index (χ2v) is 7.91. The highest BCUT2D eigenvalue weighted by atomic mass is 32.1. The van der Waals surface area contributed by atoms with Crippen LogP contribution in [0.3, 0.4) is 0 Å². The Morgan fingerprint density at radius 1 is 1.10 bits per heavy atom. The van der Waals surface area contributed by atoms with Crippen LogP contribution in [-0.4, -0.2) is 24.6 Å². The van der Waals surface area contributed by atoms with Gasteiger partial charge in [0, 0.05) is 11.3 Å². The second-order valence-electron chi connectivity index (χ2n) is 6.88. The SMILES string of the molecule is C=CCc1ccc(OCC(=O)Nc2ccc(-c3nc4ccccc4s3)cc2)c(OC)c1. The molecule has 0 spiro atoms. The summed E-state index contributed by atoms with van der Waals surface area (Å²) in [5.41, 5.74) is 3.77. The first kappa shape index (κ1) is 20.6. The molecule has 0 atom stereocenters. The van der Waals surface area contributed by atoms with Gasteiger partial charge in [-0.3, -0.25) is 4.79 Å². The topological polar surface area (TPSA) is 60.5 Å². The fourth-order valence-corrected chi connectivity index (χ4v) is 4.13. The van der Waals surface area contributed by atoms with Crippen LogP contribution in [0.15, 0.2) is 79.4 Å². The van der Waals surface area contributed by atoms with Gasteiger partial charge < -0.3 is 14.8 Å². The van der Waals surface area contributed by atoms with Crippen LogP contribution in [0.4, 0.5) is 5.69 Å². The van der Waals surface area contributed by atoms with E-state index in [0.29, 0.717) is 17.2 Å². The molecule has 0 aliphatic rings. The molecule has 1 amide bonds. The lowest BCUT2D eigenvalue weighted by Gasteiger charge is -2.12. The molecule has 0 aliphatic heterocycles. The molecule has 156 valence electrons. The lowest BCUT2D eigenvalue weighted by molar-refractivity contribution is -0.118. The molecule has 3 aromatic carbocycles. The Balaban J connectivity index is 1.37. The molecule has 0 fully saturated rings. The van der Waals surface area contributed by atoms with Gasteiger partial charge in [0.1, 0.15) is 5.01 Å². The number of allylic oxidation sites excluding steroid dienone is 1. The van der Waals surface area contributed by atoms with Gasteiger partial charge in [0.25, 0.3) is 5.91 Å². The van der Waals surface area contributed by atoms with Gasteiger partial charge in [-0.15, -0.1) is 17.9 Å². The number of fused-ring (bicyclic) bond motifs is 1. The second kappa shape index (κ2) is 9.45. The zero-order valence-electron chi connectivity index (χ0n) is 17.1. The van der Waals surface area contributed by atoms with Crippen molar-refractivity contribution in [2.24, 2.45) is 0 Å². The third kappa shape index (κ3) is 4.92. The quantitative estimate of drug-likeness (QED) is 0.363. The van der Waals surface area contributed by atoms with E-state index in [9.17, 15) is 4.79 Å². The van der Waals surface area contributed by atoms with Crippen LogP contribution in [0, 0.1) is 0 Å². The molecule has 0 saturated carbocycles. The number of benzene rings is 3. The molecule has 0 radical (unpaired) electrons. The molecule has 5 nitrogen and oxygen atoms in total. The number of amides is 1. The van der Waals surface area contributed by atoms with E-state index in [1.54, 1.807) is 24.5 Å². The van der Waals surface area contributed by atoms with Crippen LogP contribution in [0.1, 0.15) is 5.56 Å². The zero-order chi connectivity index (χ0) is 21.6. The molecule has 31 heavy (non-hydrogen) atoms. The van der Waals surface area contributed by atoms with Gasteiger partial charge in [0.2, 0.25) is 0 Å². The Morgan fingerprint density at radius 3 is 2.65 bits per heavy atom. The number of aromatic nitrogens is 1. The number of nitrogens with zero attached hydrogens (tertiary/aromatic N) is 1. The molecule has 6 heteroatoms. The number of thiazole rings is 1. The lowest BCUT2D eigenvalue weighted by atomic mass is 10.1. The van der Waals surface area contributed by atoms with Crippen molar-refractivity contribution in [3.05, 3.63) is 84.9 Å². The van der Waals surface area contributed by atoms with Crippen molar-refractivity contribution in [3.8, 4) is 22.1 Å². The Morgan fingerprint density at radius 2 is 1.90 bits per heavy atom. The van der Waals surface area contributed by atoms with Gasteiger partial charge in [0.15, 0.2) is 18.1 Å². The van der Waals surface area contributed by atoms with Crippen molar-refractivity contribution in [3.63, 3.8) is 0 Å². The van der Waals surface area contributed by atoms with Crippen molar-refractivity contribution < 1.29 is 14.3 Å². The molecule has 4 aromatic rings. The Bertz CT molecular complexity index is 1180. The normalized spacial score (nSPS) is 10.6. The van der Waals surface area contributed by atoms with E-state index < -0.39 is 0 Å². The van der Waals surface area contributed by atoms with Crippen molar-refractivity contribution >= 4 is 33.1 Å². The number of para-hydroxylation sites is 1. The summed E-state index contributed by atoms with van der Waals surface area (Å²) in [6, 6.07) is 21.3. The number of methoxy groups -OCH3 is 1. The maximum atomic E-state index is 12.3. The van der Waals surface area contributed by atoms with Crippen LogP contribution in [0.25, 0.3) is 20.8 Å². The zero-order valence-corrected chi connectivity index (χ0v) is 17.9. The highest BCUT2D eigenvalue weighted by Crippen LogP contribution is 2.31. The Labute approximate surface area is 185 Å². The van der Waals surface area contributed by atoms with Crippen molar-refractivity contribution in [1.82, 2.24) is 4.98 Å². The Hall–Kier alpha value is -3.64. The minimum absolute atomic E-state index is 0.114. The van der Waals surface area contributed by atoms with Crippen LogP contribution in [-0.2, 0) is 11.2 Å². The van der Waals surface area contributed by atoms with Gasteiger partial charge >= 0.3 is 0 Å². The summed E-state index contributed by atoms with van der Waals surface area (Å²) in [6.45, 7) is 3.62. The molecular weight excluding hydrogens is 408 g/mol. The van der Waals surface area contributed by atoms with E-state index in [1.807, 2.05) is 60.7 Å². The summed E-state index contributed by atoms with van der Waals surface area (Å²) in [4.78, 5) is 17.0. The number of nitrogens with one attached hydrogen (secondary N) is 1. The van der Waals surface area contributed by atoms with Crippen LogP contribution in [0.2, 0.25) is 0 Å². The Kier molecular flexibility index (Phi) is 6.29. The minimum atomic E-state index is -0.245. The number of carbonyl (C=O) groups excluding carboxylic acids is 1. The molecule has 4 rings (SSSR count). The molecule has 0 saturated heterocycles. The molecule has 0 bridgehead atoms. The number of hydrogen-bond donors (Lipinski definition) is 1. The number of anilines is 1. The van der Waals surface area contributed by atoms with Gasteiger partial charge in [0.05, 0.1) is 17.3 Å². The number of hydrogen-bond acceptors (Lipinski definition) is 5. The monoisotopic (exact) mass is 430 g/mol. The number of rotatable bonds is 8. The summed E-state index contributed by atoms with van der Waals surface area (Å²) in [5.74, 6) is 0.869. The number of carbonyl (C=O) groups is 1. The standard InChI is InChI=1S/C25H22N2O3S/c1-3-6-17-9-14-21(22(15-17)29-2)30-16-24(28)26-19-12-10-18(11-13-19)25-27-20-7-4-5-8-23(20)31-25/h3-5,7-15H,1,6,16H2,2H3,(H,26,28). The first-order valence-corrected chi connectivity index (χ1v) is 10.6. The van der Waals surface area contributed by atoms with Crippen molar-refractivity contribution in [1.29, 1.82) is 0 Å². The van der Waals surface area contributed by atoms with Gasteiger partial charge in [-0.1, -0.05) is 24.3 Å². The fourth-order valence-electron chi connectivity index (χ4n) is 3.16. The van der Waals surface area contributed by atoms with Crippen LogP contribution >= 0.6 is 11.3 Å². The van der Waals surface area contributed by atoms with E-state index in [4.69, 9.17) is 9.47 Å². The predicted molar refractivity (Wildman–Crippen MR) is 126 cm³/mol. The maximum absolute atomic E-state index is 12.3. The molecule has 0 aliphatic carbocycles. The molecule has 1 N–H and O–H groups in total. The highest BCUT2D eigenvalue weighted by molar-refractivity contribution is 7.21.